The van der Waals surface area contributed by atoms with Crippen molar-refractivity contribution in [2.24, 2.45) is 0 Å². The molecule has 22 heavy (non-hydrogen) atoms. The second-order valence-corrected chi connectivity index (χ2v) is 5.42. The molecule has 1 saturated heterocycles. The molecule has 0 bridgehead atoms. The molecule has 116 valence electrons. The molecular weight excluding hydrogens is 286 g/mol. The molecule has 7 nitrogen and oxygen atoms in total. The predicted molar refractivity (Wildman–Crippen MR) is 78.7 cm³/mol. The number of rotatable bonds is 1. The van der Waals surface area contributed by atoms with Gasteiger partial charge in [-0.3, -0.25) is 14.4 Å². The Morgan fingerprint density at radius 1 is 1.36 bits per heavy atom. The van der Waals surface area contributed by atoms with Crippen LogP contribution in [0.3, 0.4) is 0 Å². The maximum atomic E-state index is 12.5. The van der Waals surface area contributed by atoms with E-state index < -0.39 is 0 Å². The van der Waals surface area contributed by atoms with Crippen LogP contribution in [0.2, 0.25) is 0 Å². The van der Waals surface area contributed by atoms with Gasteiger partial charge in [0.25, 0.3) is 11.8 Å². The minimum absolute atomic E-state index is 0.00371. The van der Waals surface area contributed by atoms with Gasteiger partial charge in [-0.05, 0) is 25.1 Å². The second-order valence-electron chi connectivity index (χ2n) is 5.42. The Bertz CT molecular complexity index is 644. The molecule has 2 N–H and O–H groups in total. The summed E-state index contributed by atoms with van der Waals surface area (Å²) in [5.74, 6) is -0.763. The molecule has 7 heteroatoms. The second kappa shape index (κ2) is 5.76. The zero-order chi connectivity index (χ0) is 15.7. The number of hydrogen-bond acceptors (Lipinski definition) is 4. The van der Waals surface area contributed by atoms with Crippen molar-refractivity contribution in [1.29, 1.82) is 0 Å². The molecule has 2 aliphatic heterocycles. The number of anilines is 1. The number of nitrogens with one attached hydrogen (secondary N) is 2. The lowest BCUT2D eigenvalue weighted by atomic mass is 10.1. The third kappa shape index (κ3) is 2.80. The van der Waals surface area contributed by atoms with E-state index in [1.165, 1.54) is 0 Å². The predicted octanol–water partition coefficient (Wildman–Crippen LogP) is 0.229. The molecule has 2 heterocycles. The Kier molecular flexibility index (Phi) is 3.81. The summed E-state index contributed by atoms with van der Waals surface area (Å²) in [7, 11) is 0. The molecule has 0 saturated carbocycles. The number of morpholine rings is 1. The number of benzene rings is 1. The lowest BCUT2D eigenvalue weighted by Gasteiger charge is -2.31. The van der Waals surface area contributed by atoms with Crippen molar-refractivity contribution in [3.05, 3.63) is 29.3 Å². The van der Waals surface area contributed by atoms with Gasteiger partial charge >= 0.3 is 0 Å². The zero-order valence-corrected chi connectivity index (χ0v) is 12.2. The van der Waals surface area contributed by atoms with Crippen molar-refractivity contribution in [2.45, 2.75) is 13.0 Å². The summed E-state index contributed by atoms with van der Waals surface area (Å²) in [5, 5.41) is 5.15. The molecule has 3 rings (SSSR count). The van der Waals surface area contributed by atoms with Gasteiger partial charge in [0.1, 0.15) is 0 Å². The normalized spacial score (nSPS) is 21.5. The topological polar surface area (TPSA) is 87.7 Å². The molecule has 1 aromatic rings. The number of hydrogen-bond donors (Lipinski definition) is 2. The van der Waals surface area contributed by atoms with Crippen LogP contribution >= 0.6 is 0 Å². The Labute approximate surface area is 127 Å². The summed E-state index contributed by atoms with van der Waals surface area (Å²) in [6, 6.07) is 4.73. The van der Waals surface area contributed by atoms with E-state index in [9.17, 15) is 14.4 Å². The number of carbonyl (C=O) groups excluding carboxylic acids is 3. The van der Waals surface area contributed by atoms with Gasteiger partial charge in [-0.2, -0.15) is 0 Å². The molecule has 2 aliphatic rings. The average Bonchev–Trinajstić information content (AvgIpc) is 2.65. The highest BCUT2D eigenvalue weighted by Crippen LogP contribution is 2.21. The van der Waals surface area contributed by atoms with Crippen molar-refractivity contribution in [3.8, 4) is 0 Å². The average molecular weight is 303 g/mol. The Hall–Kier alpha value is -2.41. The number of amides is 3. The maximum absolute atomic E-state index is 12.5. The molecule has 3 amide bonds. The molecule has 1 fully saturated rings. The maximum Gasteiger partial charge on any atom is 0.254 e. The SMILES string of the molecule is CC1CN(C(=O)c2ccc3c(c2)NC(=O)CNC3=O)CCO1. The molecule has 1 aromatic carbocycles. The van der Waals surface area contributed by atoms with Gasteiger partial charge in [-0.15, -0.1) is 0 Å². The monoisotopic (exact) mass is 303 g/mol. The standard InChI is InChI=1S/C15H17N3O4/c1-9-8-18(4-5-22-9)15(21)10-2-3-11-12(6-10)17-13(19)7-16-14(11)20/h2-3,6,9H,4-5,7-8H2,1H3,(H,16,20)(H,17,19). The molecule has 0 radical (unpaired) electrons. The summed E-state index contributed by atoms with van der Waals surface area (Å²) in [5.41, 5.74) is 1.17. The van der Waals surface area contributed by atoms with Gasteiger partial charge in [0.15, 0.2) is 0 Å². The van der Waals surface area contributed by atoms with Crippen LogP contribution in [0.5, 0.6) is 0 Å². The number of ether oxygens (including phenoxy) is 1. The van der Waals surface area contributed by atoms with E-state index in [0.29, 0.717) is 36.5 Å². The van der Waals surface area contributed by atoms with Gasteiger partial charge in [0.2, 0.25) is 5.91 Å². The number of nitrogens with zero attached hydrogens (tertiary/aromatic N) is 1. The fraction of sp³-hybridized carbons (Fsp3) is 0.400. The van der Waals surface area contributed by atoms with E-state index >= 15 is 0 Å². The van der Waals surface area contributed by atoms with Crippen molar-refractivity contribution < 1.29 is 19.1 Å². The summed E-state index contributed by atoms with van der Waals surface area (Å²) in [4.78, 5) is 37.7. The quantitative estimate of drug-likeness (QED) is 0.777. The minimum atomic E-state index is -0.327. The third-order valence-electron chi connectivity index (χ3n) is 3.72. The fourth-order valence-electron chi connectivity index (χ4n) is 2.61. The van der Waals surface area contributed by atoms with Crippen LogP contribution < -0.4 is 10.6 Å². The molecular formula is C15H17N3O4. The number of carbonyl (C=O) groups is 3. The first-order valence-electron chi connectivity index (χ1n) is 7.17. The van der Waals surface area contributed by atoms with E-state index in [1.54, 1.807) is 23.1 Å². The summed E-state index contributed by atoms with van der Waals surface area (Å²) in [6.45, 7) is 3.42. The lowest BCUT2D eigenvalue weighted by molar-refractivity contribution is -0.115. The van der Waals surface area contributed by atoms with E-state index in [1.807, 2.05) is 6.92 Å². The Morgan fingerprint density at radius 3 is 2.95 bits per heavy atom. The van der Waals surface area contributed by atoms with Crippen LogP contribution in [-0.2, 0) is 9.53 Å². The van der Waals surface area contributed by atoms with E-state index in [4.69, 9.17) is 4.74 Å². The minimum Gasteiger partial charge on any atom is -0.375 e. The van der Waals surface area contributed by atoms with Crippen LogP contribution in [0.4, 0.5) is 5.69 Å². The molecule has 0 aliphatic carbocycles. The van der Waals surface area contributed by atoms with E-state index in [0.717, 1.165) is 0 Å². The summed E-state index contributed by atoms with van der Waals surface area (Å²) >= 11 is 0. The Balaban J connectivity index is 1.87. The smallest absolute Gasteiger partial charge is 0.254 e. The molecule has 0 spiro atoms. The van der Waals surface area contributed by atoms with E-state index in [2.05, 4.69) is 10.6 Å². The van der Waals surface area contributed by atoms with Gasteiger partial charge in [0, 0.05) is 18.7 Å². The first kappa shape index (κ1) is 14.5. The van der Waals surface area contributed by atoms with Gasteiger partial charge < -0.3 is 20.3 Å². The Morgan fingerprint density at radius 2 is 2.18 bits per heavy atom. The van der Waals surface area contributed by atoms with Crippen molar-refractivity contribution >= 4 is 23.4 Å². The summed E-state index contributed by atoms with van der Waals surface area (Å²) < 4.78 is 5.43. The van der Waals surface area contributed by atoms with Crippen LogP contribution in [0.1, 0.15) is 27.6 Å². The summed E-state index contributed by atoms with van der Waals surface area (Å²) in [6.07, 6.45) is 0.00371. The highest BCUT2D eigenvalue weighted by molar-refractivity contribution is 6.09. The van der Waals surface area contributed by atoms with Crippen molar-refractivity contribution in [2.75, 3.05) is 31.6 Å². The largest absolute Gasteiger partial charge is 0.375 e. The van der Waals surface area contributed by atoms with Crippen LogP contribution in [0.15, 0.2) is 18.2 Å². The highest BCUT2D eigenvalue weighted by atomic mass is 16.5. The third-order valence-corrected chi connectivity index (χ3v) is 3.72. The van der Waals surface area contributed by atoms with Crippen LogP contribution in [0, 0.1) is 0 Å². The first-order valence-corrected chi connectivity index (χ1v) is 7.17. The highest BCUT2D eigenvalue weighted by Gasteiger charge is 2.25. The van der Waals surface area contributed by atoms with Gasteiger partial charge in [-0.25, -0.2) is 0 Å². The zero-order valence-electron chi connectivity index (χ0n) is 12.2. The fourth-order valence-corrected chi connectivity index (χ4v) is 2.61. The molecule has 1 unspecified atom stereocenters. The van der Waals surface area contributed by atoms with E-state index in [-0.39, 0.29) is 30.4 Å². The van der Waals surface area contributed by atoms with Crippen LogP contribution in [-0.4, -0.2) is 55.0 Å². The number of fused-ring (bicyclic) bond motifs is 1. The van der Waals surface area contributed by atoms with Gasteiger partial charge in [-0.1, -0.05) is 0 Å². The van der Waals surface area contributed by atoms with Crippen molar-refractivity contribution in [1.82, 2.24) is 10.2 Å². The van der Waals surface area contributed by atoms with Crippen molar-refractivity contribution in [3.63, 3.8) is 0 Å². The molecule has 1 atom stereocenters. The lowest BCUT2D eigenvalue weighted by Crippen LogP contribution is -2.44. The van der Waals surface area contributed by atoms with Gasteiger partial charge in [0.05, 0.1) is 30.5 Å². The van der Waals surface area contributed by atoms with Crippen LogP contribution in [0.25, 0.3) is 0 Å². The molecule has 0 aromatic heterocycles. The first-order chi connectivity index (χ1) is 10.5.